The fourth-order valence-corrected chi connectivity index (χ4v) is 4.19. The van der Waals surface area contributed by atoms with Crippen molar-refractivity contribution in [3.8, 4) is 6.07 Å². The van der Waals surface area contributed by atoms with Crippen LogP contribution in [0.5, 0.6) is 0 Å². The van der Waals surface area contributed by atoms with Crippen LogP contribution >= 0.6 is 34.7 Å². The third kappa shape index (κ3) is 3.55. The summed E-state index contributed by atoms with van der Waals surface area (Å²) in [5.41, 5.74) is 8.08. The predicted molar refractivity (Wildman–Crippen MR) is 95.0 cm³/mol. The van der Waals surface area contributed by atoms with Gasteiger partial charge >= 0.3 is 0 Å². The molecule has 0 saturated heterocycles. The minimum Gasteiger partial charge on any atom is -0.384 e. The number of nitrogens with zero attached hydrogens (tertiary/aromatic N) is 4. The van der Waals surface area contributed by atoms with E-state index in [0.29, 0.717) is 16.1 Å². The van der Waals surface area contributed by atoms with Gasteiger partial charge in [0.2, 0.25) is 0 Å². The van der Waals surface area contributed by atoms with Gasteiger partial charge in [-0.05, 0) is 30.4 Å². The molecular weight excluding hydrogens is 350 g/mol. The maximum atomic E-state index is 8.90. The van der Waals surface area contributed by atoms with E-state index >= 15 is 0 Å². The molecule has 0 amide bonds. The highest BCUT2D eigenvalue weighted by Crippen LogP contribution is 2.31. The number of thioether (sulfide) groups is 1. The van der Waals surface area contributed by atoms with Gasteiger partial charge < -0.3 is 5.73 Å². The van der Waals surface area contributed by atoms with Crippen LogP contribution in [-0.2, 0) is 6.42 Å². The standard InChI is InChI=1S/C15H12ClN5S2/c1-8-7-23-13-11(8)4-9(19-14(13)16)2-3-22-15-20-10(6-17)5-12(18)21-15/h4-5,7H,2-3H2,1H3,(H2,18,20,21). The zero-order chi connectivity index (χ0) is 16.4. The highest BCUT2D eigenvalue weighted by molar-refractivity contribution is 7.99. The lowest BCUT2D eigenvalue weighted by atomic mass is 10.2. The molecule has 0 unspecified atom stereocenters. The first-order valence-electron chi connectivity index (χ1n) is 6.77. The molecule has 116 valence electrons. The SMILES string of the molecule is Cc1csc2c(Cl)nc(CCSc3nc(N)cc(C#N)n3)cc12. The van der Waals surface area contributed by atoms with Crippen LogP contribution in [0.25, 0.3) is 10.1 Å². The van der Waals surface area contributed by atoms with Gasteiger partial charge in [0.1, 0.15) is 22.7 Å². The zero-order valence-electron chi connectivity index (χ0n) is 12.2. The fourth-order valence-electron chi connectivity index (χ4n) is 2.11. The number of halogens is 1. The molecule has 23 heavy (non-hydrogen) atoms. The van der Waals surface area contributed by atoms with Gasteiger partial charge in [-0.1, -0.05) is 23.4 Å². The molecule has 0 atom stereocenters. The Morgan fingerprint density at radius 1 is 1.35 bits per heavy atom. The summed E-state index contributed by atoms with van der Waals surface area (Å²) in [6.45, 7) is 2.07. The van der Waals surface area contributed by atoms with Gasteiger partial charge in [-0.25, -0.2) is 15.0 Å². The number of nitriles is 1. The van der Waals surface area contributed by atoms with E-state index in [1.165, 1.54) is 23.4 Å². The topological polar surface area (TPSA) is 88.5 Å². The van der Waals surface area contributed by atoms with Gasteiger partial charge in [0.15, 0.2) is 5.16 Å². The first kappa shape index (κ1) is 16.0. The molecule has 5 nitrogen and oxygen atoms in total. The lowest BCUT2D eigenvalue weighted by Gasteiger charge is -2.04. The molecule has 0 aromatic carbocycles. The van der Waals surface area contributed by atoms with Crippen LogP contribution in [0, 0.1) is 18.3 Å². The lowest BCUT2D eigenvalue weighted by Crippen LogP contribution is -1.99. The van der Waals surface area contributed by atoms with E-state index in [0.717, 1.165) is 28.0 Å². The van der Waals surface area contributed by atoms with E-state index in [-0.39, 0.29) is 5.69 Å². The molecular formula is C15H12ClN5S2. The van der Waals surface area contributed by atoms with Gasteiger partial charge in [0.05, 0.1) is 4.70 Å². The van der Waals surface area contributed by atoms with Crippen LogP contribution in [0.2, 0.25) is 5.15 Å². The maximum absolute atomic E-state index is 8.90. The minimum absolute atomic E-state index is 0.275. The number of nitrogens with two attached hydrogens (primary N) is 1. The summed E-state index contributed by atoms with van der Waals surface area (Å²) >= 11 is 9.30. The van der Waals surface area contributed by atoms with Gasteiger partial charge in [0, 0.05) is 22.9 Å². The second kappa shape index (κ2) is 6.71. The summed E-state index contributed by atoms with van der Waals surface area (Å²) in [6.07, 6.45) is 0.732. The molecule has 3 aromatic rings. The van der Waals surface area contributed by atoms with Crippen molar-refractivity contribution >= 4 is 50.6 Å². The Labute approximate surface area is 146 Å². The van der Waals surface area contributed by atoms with E-state index in [1.54, 1.807) is 11.3 Å². The van der Waals surface area contributed by atoms with Crippen LogP contribution in [-0.4, -0.2) is 20.7 Å². The second-order valence-corrected chi connectivity index (χ2v) is 7.17. The van der Waals surface area contributed by atoms with E-state index in [9.17, 15) is 0 Å². The molecule has 8 heteroatoms. The molecule has 3 rings (SSSR count). The van der Waals surface area contributed by atoms with Crippen LogP contribution in [0.1, 0.15) is 17.0 Å². The highest BCUT2D eigenvalue weighted by atomic mass is 35.5. The zero-order valence-corrected chi connectivity index (χ0v) is 14.6. The summed E-state index contributed by atoms with van der Waals surface area (Å²) in [4.78, 5) is 12.7. The summed E-state index contributed by atoms with van der Waals surface area (Å²) in [5.74, 6) is 1.03. The molecule has 2 N–H and O–H groups in total. The van der Waals surface area contributed by atoms with Crippen molar-refractivity contribution in [3.05, 3.63) is 39.6 Å². The largest absolute Gasteiger partial charge is 0.384 e. The average Bonchev–Trinajstić information content (AvgIpc) is 2.89. The van der Waals surface area contributed by atoms with Crippen LogP contribution < -0.4 is 5.73 Å². The fraction of sp³-hybridized carbons (Fsp3) is 0.200. The third-order valence-corrected chi connectivity index (χ3v) is 5.55. The number of fused-ring (bicyclic) bond motifs is 1. The Bertz CT molecular complexity index is 916. The molecule has 0 spiro atoms. The van der Waals surface area contributed by atoms with Gasteiger partial charge in [-0.3, -0.25) is 0 Å². The summed E-state index contributed by atoms with van der Waals surface area (Å²) in [6, 6.07) is 5.51. The molecule has 0 fully saturated rings. The number of thiophene rings is 1. The van der Waals surface area contributed by atoms with Crippen LogP contribution in [0.3, 0.4) is 0 Å². The van der Waals surface area contributed by atoms with Crippen molar-refractivity contribution in [1.82, 2.24) is 15.0 Å². The van der Waals surface area contributed by atoms with Crippen molar-refractivity contribution in [2.24, 2.45) is 0 Å². The number of aromatic nitrogens is 3. The lowest BCUT2D eigenvalue weighted by molar-refractivity contribution is 0.955. The van der Waals surface area contributed by atoms with Crippen molar-refractivity contribution in [2.45, 2.75) is 18.5 Å². The van der Waals surface area contributed by atoms with Crippen LogP contribution in [0.4, 0.5) is 5.82 Å². The van der Waals surface area contributed by atoms with Gasteiger partial charge in [0.25, 0.3) is 0 Å². The summed E-state index contributed by atoms with van der Waals surface area (Å²) < 4.78 is 1.03. The van der Waals surface area contributed by atoms with Gasteiger partial charge in [-0.15, -0.1) is 11.3 Å². The minimum atomic E-state index is 0.275. The number of hydrogen-bond acceptors (Lipinski definition) is 7. The van der Waals surface area contributed by atoms with Crippen molar-refractivity contribution in [3.63, 3.8) is 0 Å². The molecule has 3 heterocycles. The first-order chi connectivity index (χ1) is 11.1. The average molecular weight is 362 g/mol. The van der Waals surface area contributed by atoms with Crippen molar-refractivity contribution in [2.75, 3.05) is 11.5 Å². The van der Waals surface area contributed by atoms with E-state index in [1.807, 2.05) is 6.07 Å². The number of anilines is 1. The highest BCUT2D eigenvalue weighted by Gasteiger charge is 2.09. The van der Waals surface area contributed by atoms with Crippen molar-refractivity contribution in [1.29, 1.82) is 5.26 Å². The normalized spacial score (nSPS) is 10.8. The van der Waals surface area contributed by atoms with Gasteiger partial charge in [-0.2, -0.15) is 5.26 Å². The number of pyridine rings is 1. The van der Waals surface area contributed by atoms with E-state index in [2.05, 4.69) is 33.3 Å². The Morgan fingerprint density at radius 3 is 2.96 bits per heavy atom. The first-order valence-corrected chi connectivity index (χ1v) is 9.02. The smallest absolute Gasteiger partial charge is 0.190 e. The van der Waals surface area contributed by atoms with Crippen molar-refractivity contribution < 1.29 is 0 Å². The second-order valence-electron chi connectivity index (χ2n) is 4.87. The maximum Gasteiger partial charge on any atom is 0.190 e. The Morgan fingerprint density at radius 2 is 2.17 bits per heavy atom. The van der Waals surface area contributed by atoms with E-state index < -0.39 is 0 Å². The number of nitrogen functional groups attached to an aromatic ring is 1. The number of hydrogen-bond donors (Lipinski definition) is 1. The number of aryl methyl sites for hydroxylation is 2. The molecule has 3 aromatic heterocycles. The third-order valence-electron chi connectivity index (χ3n) is 3.19. The molecule has 0 saturated carbocycles. The quantitative estimate of drug-likeness (QED) is 0.431. The van der Waals surface area contributed by atoms with E-state index in [4.69, 9.17) is 22.6 Å². The Kier molecular flexibility index (Phi) is 4.66. The Hall–Kier alpha value is -1.88. The number of rotatable bonds is 4. The molecule has 0 aliphatic carbocycles. The molecule has 0 radical (unpaired) electrons. The monoisotopic (exact) mass is 361 g/mol. The predicted octanol–water partition coefficient (Wildman–Crippen LogP) is 3.84. The molecule has 0 bridgehead atoms. The summed E-state index contributed by atoms with van der Waals surface area (Å²) in [5, 5.41) is 13.2. The molecule has 0 aliphatic rings. The summed E-state index contributed by atoms with van der Waals surface area (Å²) in [7, 11) is 0. The molecule has 0 aliphatic heterocycles. The Balaban J connectivity index is 1.73. The van der Waals surface area contributed by atoms with Crippen LogP contribution in [0.15, 0.2) is 22.7 Å².